The zero-order valence-corrected chi connectivity index (χ0v) is 28.9. The third kappa shape index (κ3) is 4.08. The van der Waals surface area contributed by atoms with Crippen LogP contribution in [0.4, 0.5) is 17.1 Å². The lowest BCUT2D eigenvalue weighted by Crippen LogP contribution is -2.16. The van der Waals surface area contributed by atoms with Crippen LogP contribution in [0.2, 0.25) is 0 Å². The summed E-state index contributed by atoms with van der Waals surface area (Å²) >= 11 is 0. The lowest BCUT2D eigenvalue weighted by atomic mass is 9.82. The zero-order chi connectivity index (χ0) is 34.6. The van der Waals surface area contributed by atoms with E-state index in [4.69, 9.17) is 8.83 Å². The van der Waals surface area contributed by atoms with Gasteiger partial charge < -0.3 is 13.7 Å². The summed E-state index contributed by atoms with van der Waals surface area (Å²) in [6, 6.07) is 58.7. The SMILES string of the molecule is CC1(C)c2ccccc2-c2ccc(N(c3ccc4oc5c(-c6ccccc6)c6c(cc5c4c3)oc3ccccc36)c3cccc4ccccc34)cc21. The quantitative estimate of drug-likeness (QED) is 0.187. The molecule has 0 aliphatic heterocycles. The van der Waals surface area contributed by atoms with Crippen molar-refractivity contribution in [2.24, 2.45) is 0 Å². The first kappa shape index (κ1) is 29.2. The molecule has 2 heterocycles. The molecule has 0 radical (unpaired) electrons. The minimum absolute atomic E-state index is 0.122. The van der Waals surface area contributed by atoms with Crippen LogP contribution in [0.5, 0.6) is 0 Å². The summed E-state index contributed by atoms with van der Waals surface area (Å²) in [5.41, 5.74) is 14.1. The van der Waals surface area contributed by atoms with Gasteiger partial charge in [-0.15, -0.1) is 0 Å². The van der Waals surface area contributed by atoms with Gasteiger partial charge in [-0.3, -0.25) is 0 Å². The van der Waals surface area contributed by atoms with Crippen LogP contribution in [0.25, 0.3) is 76.9 Å². The molecule has 0 atom stereocenters. The van der Waals surface area contributed by atoms with E-state index >= 15 is 0 Å². The molecule has 10 aromatic rings. The number of furan rings is 2. The molecule has 8 aromatic carbocycles. The van der Waals surface area contributed by atoms with Gasteiger partial charge in [0.2, 0.25) is 0 Å². The Morgan fingerprint density at radius 2 is 1.15 bits per heavy atom. The van der Waals surface area contributed by atoms with Crippen LogP contribution in [0.15, 0.2) is 173 Å². The van der Waals surface area contributed by atoms with Crippen LogP contribution in [-0.4, -0.2) is 0 Å². The number of hydrogen-bond acceptors (Lipinski definition) is 3. The van der Waals surface area contributed by atoms with Crippen LogP contribution >= 0.6 is 0 Å². The van der Waals surface area contributed by atoms with Crippen LogP contribution in [0, 0.1) is 0 Å². The summed E-state index contributed by atoms with van der Waals surface area (Å²) in [5, 5.41) is 6.64. The molecule has 2 aromatic heterocycles. The maximum absolute atomic E-state index is 6.84. The van der Waals surface area contributed by atoms with Crippen LogP contribution in [-0.2, 0) is 5.41 Å². The normalized spacial score (nSPS) is 13.3. The number of fused-ring (bicyclic) bond motifs is 10. The van der Waals surface area contributed by atoms with Gasteiger partial charge in [-0.1, -0.05) is 129 Å². The van der Waals surface area contributed by atoms with Crippen molar-refractivity contribution in [3.63, 3.8) is 0 Å². The fourth-order valence-electron chi connectivity index (χ4n) is 8.78. The van der Waals surface area contributed by atoms with Crippen molar-refractivity contribution in [1.82, 2.24) is 0 Å². The number of rotatable bonds is 4. The summed E-state index contributed by atoms with van der Waals surface area (Å²) in [5.74, 6) is 0. The standard InChI is InChI=1S/C49H33NO2/c1-49(2)40-20-10-8-18-35(40)36-25-23-33(28-41(36)49)50(42-21-12-16-30-13-6-7-17-34(30)42)32-24-26-44-38(27-32)39-29-45-47(37-19-9-11-22-43(37)51-45)46(48(39)52-44)31-14-4-3-5-15-31/h3-29H,1-2H3. The van der Waals surface area contributed by atoms with E-state index in [0.29, 0.717) is 0 Å². The molecule has 0 amide bonds. The maximum Gasteiger partial charge on any atom is 0.144 e. The summed E-state index contributed by atoms with van der Waals surface area (Å²) in [7, 11) is 0. The Morgan fingerprint density at radius 3 is 2.06 bits per heavy atom. The predicted molar refractivity (Wildman–Crippen MR) is 216 cm³/mol. The first-order chi connectivity index (χ1) is 25.5. The van der Waals surface area contributed by atoms with Crippen molar-refractivity contribution >= 4 is 71.7 Å². The van der Waals surface area contributed by atoms with Crippen molar-refractivity contribution in [1.29, 1.82) is 0 Å². The number of anilines is 3. The Morgan fingerprint density at radius 1 is 0.462 bits per heavy atom. The lowest BCUT2D eigenvalue weighted by Gasteiger charge is -2.29. The van der Waals surface area contributed by atoms with Crippen molar-refractivity contribution in [2.75, 3.05) is 4.90 Å². The Bertz CT molecular complexity index is 3050. The Hall–Kier alpha value is -6.58. The third-order valence-electron chi connectivity index (χ3n) is 11.2. The van der Waals surface area contributed by atoms with E-state index in [0.717, 1.165) is 72.1 Å². The topological polar surface area (TPSA) is 29.5 Å². The maximum atomic E-state index is 6.84. The van der Waals surface area contributed by atoms with Gasteiger partial charge in [0.1, 0.15) is 22.3 Å². The van der Waals surface area contributed by atoms with Gasteiger partial charge in [-0.05, 0) is 81.7 Å². The van der Waals surface area contributed by atoms with E-state index < -0.39 is 0 Å². The molecule has 0 unspecified atom stereocenters. The number of para-hydroxylation sites is 1. The van der Waals surface area contributed by atoms with Gasteiger partial charge in [-0.2, -0.15) is 0 Å². The van der Waals surface area contributed by atoms with E-state index in [1.165, 1.54) is 33.0 Å². The van der Waals surface area contributed by atoms with E-state index in [1.807, 2.05) is 12.1 Å². The van der Waals surface area contributed by atoms with E-state index in [1.54, 1.807) is 0 Å². The minimum atomic E-state index is -0.122. The fraction of sp³-hybridized carbons (Fsp3) is 0.0612. The molecule has 0 saturated heterocycles. The molecule has 1 aliphatic rings. The van der Waals surface area contributed by atoms with Crippen molar-refractivity contribution in [3.05, 3.63) is 175 Å². The van der Waals surface area contributed by atoms with Crippen LogP contribution in [0.3, 0.4) is 0 Å². The van der Waals surface area contributed by atoms with Crippen molar-refractivity contribution in [3.8, 4) is 22.3 Å². The molecule has 0 bridgehead atoms. The van der Waals surface area contributed by atoms with E-state index in [2.05, 4.69) is 170 Å². The highest BCUT2D eigenvalue weighted by molar-refractivity contribution is 6.23. The van der Waals surface area contributed by atoms with Gasteiger partial charge in [0.25, 0.3) is 0 Å². The van der Waals surface area contributed by atoms with E-state index in [-0.39, 0.29) is 5.41 Å². The highest BCUT2D eigenvalue weighted by Gasteiger charge is 2.36. The fourth-order valence-corrected chi connectivity index (χ4v) is 8.78. The monoisotopic (exact) mass is 667 g/mol. The Kier molecular flexibility index (Phi) is 6.01. The molecule has 0 N–H and O–H groups in total. The molecular weight excluding hydrogens is 635 g/mol. The largest absolute Gasteiger partial charge is 0.456 e. The summed E-state index contributed by atoms with van der Waals surface area (Å²) < 4.78 is 13.4. The second-order valence-corrected chi connectivity index (χ2v) is 14.5. The highest BCUT2D eigenvalue weighted by atomic mass is 16.3. The highest BCUT2D eigenvalue weighted by Crippen LogP contribution is 2.52. The molecule has 3 heteroatoms. The Balaban J connectivity index is 1.19. The average molecular weight is 668 g/mol. The molecule has 1 aliphatic carbocycles. The molecule has 0 spiro atoms. The molecule has 52 heavy (non-hydrogen) atoms. The van der Waals surface area contributed by atoms with Crippen molar-refractivity contribution < 1.29 is 8.83 Å². The summed E-state index contributed by atoms with van der Waals surface area (Å²) in [6.45, 7) is 4.69. The van der Waals surface area contributed by atoms with Gasteiger partial charge in [0.15, 0.2) is 0 Å². The number of hydrogen-bond donors (Lipinski definition) is 0. The van der Waals surface area contributed by atoms with Gasteiger partial charge in [-0.25, -0.2) is 0 Å². The minimum Gasteiger partial charge on any atom is -0.456 e. The molecular formula is C49H33NO2. The van der Waals surface area contributed by atoms with Crippen LogP contribution in [0.1, 0.15) is 25.0 Å². The first-order valence-electron chi connectivity index (χ1n) is 17.9. The third-order valence-corrected chi connectivity index (χ3v) is 11.2. The van der Waals surface area contributed by atoms with Gasteiger partial charge >= 0.3 is 0 Å². The average Bonchev–Trinajstić information content (AvgIpc) is 3.82. The van der Waals surface area contributed by atoms with Crippen LogP contribution < -0.4 is 4.90 Å². The van der Waals surface area contributed by atoms with Gasteiger partial charge in [0, 0.05) is 49.3 Å². The number of nitrogens with zero attached hydrogens (tertiary/aromatic N) is 1. The molecule has 0 fully saturated rings. The number of benzene rings is 8. The second-order valence-electron chi connectivity index (χ2n) is 14.5. The second kappa shape index (κ2) is 10.7. The molecule has 0 saturated carbocycles. The van der Waals surface area contributed by atoms with Gasteiger partial charge in [0.05, 0.1) is 5.69 Å². The molecule has 3 nitrogen and oxygen atoms in total. The Labute approximate surface area is 301 Å². The molecule has 11 rings (SSSR count). The predicted octanol–water partition coefficient (Wildman–Crippen LogP) is 14.1. The van der Waals surface area contributed by atoms with E-state index in [9.17, 15) is 0 Å². The first-order valence-corrected chi connectivity index (χ1v) is 17.9. The van der Waals surface area contributed by atoms with Crippen molar-refractivity contribution in [2.45, 2.75) is 19.3 Å². The summed E-state index contributed by atoms with van der Waals surface area (Å²) in [4.78, 5) is 2.41. The lowest BCUT2D eigenvalue weighted by molar-refractivity contribution is 0.660. The summed E-state index contributed by atoms with van der Waals surface area (Å²) in [6.07, 6.45) is 0. The zero-order valence-electron chi connectivity index (χ0n) is 28.9. The molecule has 246 valence electrons. The smallest absolute Gasteiger partial charge is 0.144 e.